The van der Waals surface area contributed by atoms with Gasteiger partial charge in [-0.3, -0.25) is 4.79 Å². The van der Waals surface area contributed by atoms with E-state index in [1.54, 1.807) is 25.3 Å². The third-order valence-corrected chi connectivity index (χ3v) is 4.84. The van der Waals surface area contributed by atoms with Crippen molar-refractivity contribution in [3.63, 3.8) is 0 Å². The van der Waals surface area contributed by atoms with Gasteiger partial charge in [-0.1, -0.05) is 51.8 Å². The fourth-order valence-electron chi connectivity index (χ4n) is 2.46. The van der Waals surface area contributed by atoms with Gasteiger partial charge in [-0.15, -0.1) is 0 Å². The van der Waals surface area contributed by atoms with E-state index < -0.39 is 6.10 Å². The molecule has 0 aromatic heterocycles. The quantitative estimate of drug-likeness (QED) is 0.332. The molecule has 1 amide bonds. The molecule has 0 heterocycles. The van der Waals surface area contributed by atoms with Crippen molar-refractivity contribution in [2.75, 3.05) is 0 Å². The third kappa shape index (κ3) is 6.90. The summed E-state index contributed by atoms with van der Waals surface area (Å²) in [6.45, 7) is 2.09. The first-order valence-corrected chi connectivity index (χ1v) is 10.4. The monoisotopic (exact) mass is 486 g/mol. The molecule has 5 nitrogen and oxygen atoms in total. The molecule has 0 unspecified atom stereocenters. The Kier molecular flexibility index (Phi) is 7.88. The minimum Gasteiger partial charge on any atom is -0.489 e. The van der Waals surface area contributed by atoms with Gasteiger partial charge in [-0.2, -0.15) is 5.10 Å². The van der Waals surface area contributed by atoms with Crippen molar-refractivity contribution >= 4 is 39.7 Å². The molecule has 0 aliphatic carbocycles. The highest BCUT2D eigenvalue weighted by Gasteiger charge is 2.13. The molecule has 0 aliphatic rings. The van der Waals surface area contributed by atoms with Crippen molar-refractivity contribution in [3.05, 3.63) is 93.4 Å². The van der Waals surface area contributed by atoms with Crippen LogP contribution in [0.25, 0.3) is 0 Å². The van der Waals surface area contributed by atoms with Gasteiger partial charge in [0.15, 0.2) is 6.10 Å². The van der Waals surface area contributed by atoms with Gasteiger partial charge < -0.3 is 9.47 Å². The first-order valence-electron chi connectivity index (χ1n) is 9.22. The number of hydrogen-bond acceptors (Lipinski definition) is 4. The Morgan fingerprint density at radius 3 is 2.57 bits per heavy atom. The number of rotatable bonds is 8. The molecule has 0 spiro atoms. The predicted octanol–water partition coefficient (Wildman–Crippen LogP) is 5.60. The summed E-state index contributed by atoms with van der Waals surface area (Å²) in [6, 6.07) is 22.2. The number of nitrogens with zero attached hydrogens (tertiary/aromatic N) is 1. The van der Waals surface area contributed by atoms with Crippen LogP contribution in [0.5, 0.6) is 11.5 Å². The van der Waals surface area contributed by atoms with E-state index in [0.29, 0.717) is 23.1 Å². The highest BCUT2D eigenvalue weighted by molar-refractivity contribution is 9.10. The van der Waals surface area contributed by atoms with E-state index in [0.717, 1.165) is 15.6 Å². The number of hydrogen-bond donors (Lipinski definition) is 1. The summed E-state index contributed by atoms with van der Waals surface area (Å²) in [4.78, 5) is 12.2. The van der Waals surface area contributed by atoms with Gasteiger partial charge in [0.25, 0.3) is 5.91 Å². The molecule has 3 aromatic carbocycles. The van der Waals surface area contributed by atoms with Crippen LogP contribution in [0.15, 0.2) is 82.4 Å². The minimum atomic E-state index is -0.683. The van der Waals surface area contributed by atoms with Crippen LogP contribution < -0.4 is 14.9 Å². The molecule has 0 saturated heterocycles. The van der Waals surface area contributed by atoms with Crippen LogP contribution in [0, 0.1) is 0 Å². The summed E-state index contributed by atoms with van der Waals surface area (Å²) >= 11 is 9.25. The van der Waals surface area contributed by atoms with Gasteiger partial charge >= 0.3 is 0 Å². The van der Waals surface area contributed by atoms with Gasteiger partial charge in [-0.05, 0) is 66.6 Å². The zero-order valence-electron chi connectivity index (χ0n) is 16.2. The molecule has 0 saturated carbocycles. The smallest absolute Gasteiger partial charge is 0.280 e. The molecule has 3 rings (SSSR count). The van der Waals surface area contributed by atoms with Crippen molar-refractivity contribution in [3.8, 4) is 11.5 Å². The Bertz CT molecular complexity index is 1010. The summed E-state index contributed by atoms with van der Waals surface area (Å²) in [5.41, 5.74) is 4.30. The van der Waals surface area contributed by atoms with Crippen LogP contribution in [0.2, 0.25) is 5.02 Å². The lowest BCUT2D eigenvalue weighted by Gasteiger charge is -2.12. The average molecular weight is 488 g/mol. The maximum Gasteiger partial charge on any atom is 0.280 e. The molecule has 1 atom stereocenters. The first kappa shape index (κ1) is 21.9. The van der Waals surface area contributed by atoms with Crippen LogP contribution in [-0.2, 0) is 11.4 Å². The number of amides is 1. The molecule has 154 valence electrons. The lowest BCUT2D eigenvalue weighted by Crippen LogP contribution is -2.33. The van der Waals surface area contributed by atoms with Crippen LogP contribution in [-0.4, -0.2) is 18.2 Å². The van der Waals surface area contributed by atoms with Crippen molar-refractivity contribution in [1.82, 2.24) is 5.43 Å². The van der Waals surface area contributed by atoms with Crippen molar-refractivity contribution < 1.29 is 14.3 Å². The van der Waals surface area contributed by atoms with Crippen molar-refractivity contribution in [2.24, 2.45) is 5.10 Å². The largest absolute Gasteiger partial charge is 0.489 e. The number of ether oxygens (including phenoxy) is 2. The molecule has 0 aliphatic heterocycles. The summed E-state index contributed by atoms with van der Waals surface area (Å²) in [7, 11) is 0. The van der Waals surface area contributed by atoms with Gasteiger partial charge in [0.05, 0.1) is 6.21 Å². The summed E-state index contributed by atoms with van der Waals surface area (Å²) in [6.07, 6.45) is 0.872. The Hall–Kier alpha value is -2.83. The fourth-order valence-corrected chi connectivity index (χ4v) is 2.85. The van der Waals surface area contributed by atoms with E-state index in [1.807, 2.05) is 60.7 Å². The molecular formula is C23H20BrClN2O3. The lowest BCUT2D eigenvalue weighted by molar-refractivity contribution is -0.127. The van der Waals surface area contributed by atoms with E-state index in [4.69, 9.17) is 21.1 Å². The highest BCUT2D eigenvalue weighted by atomic mass is 79.9. The number of benzene rings is 3. The average Bonchev–Trinajstić information content (AvgIpc) is 2.75. The second kappa shape index (κ2) is 10.8. The number of halogens is 2. The molecule has 0 fully saturated rings. The van der Waals surface area contributed by atoms with Gasteiger partial charge in [0.2, 0.25) is 0 Å². The highest BCUT2D eigenvalue weighted by Crippen LogP contribution is 2.18. The van der Waals surface area contributed by atoms with Gasteiger partial charge in [-0.25, -0.2) is 5.43 Å². The standard InChI is InChI=1S/C23H20BrClN2O3/c1-16(30-21-11-7-19(24)8-12-21)23(28)27-26-14-18-3-2-4-22(13-18)29-15-17-5-9-20(25)10-6-17/h2-14,16H,15H2,1H3,(H,27,28)/b26-14-/t16-/m0/s1. The zero-order valence-corrected chi connectivity index (χ0v) is 18.6. The number of nitrogens with one attached hydrogen (secondary N) is 1. The normalized spacial score (nSPS) is 11.8. The lowest BCUT2D eigenvalue weighted by atomic mass is 10.2. The van der Waals surface area contributed by atoms with E-state index >= 15 is 0 Å². The van der Waals surface area contributed by atoms with Crippen LogP contribution in [0.1, 0.15) is 18.1 Å². The number of hydrazone groups is 1. The van der Waals surface area contributed by atoms with Crippen LogP contribution in [0.3, 0.4) is 0 Å². The molecule has 0 bridgehead atoms. The molecule has 3 aromatic rings. The van der Waals surface area contributed by atoms with E-state index in [9.17, 15) is 4.79 Å². The second-order valence-corrected chi connectivity index (χ2v) is 7.79. The maximum absolute atomic E-state index is 12.2. The topological polar surface area (TPSA) is 59.9 Å². The number of carbonyl (C=O) groups excluding carboxylic acids is 1. The van der Waals surface area contributed by atoms with Crippen molar-refractivity contribution in [2.45, 2.75) is 19.6 Å². The van der Waals surface area contributed by atoms with E-state index in [1.165, 1.54) is 0 Å². The Morgan fingerprint density at radius 2 is 1.83 bits per heavy atom. The maximum atomic E-state index is 12.2. The van der Waals surface area contributed by atoms with Gasteiger partial charge in [0, 0.05) is 9.50 Å². The van der Waals surface area contributed by atoms with Crippen LogP contribution in [0.4, 0.5) is 0 Å². The zero-order chi connectivity index (χ0) is 21.3. The minimum absolute atomic E-state index is 0.343. The SMILES string of the molecule is C[C@H](Oc1ccc(Br)cc1)C(=O)N/N=C\c1cccc(OCc2ccc(Cl)cc2)c1. The number of carbonyl (C=O) groups is 1. The molecule has 1 N–H and O–H groups in total. The molecule has 7 heteroatoms. The Labute approximate surface area is 188 Å². The van der Waals surface area contributed by atoms with Gasteiger partial charge in [0.1, 0.15) is 18.1 Å². The van der Waals surface area contributed by atoms with E-state index in [-0.39, 0.29) is 5.91 Å². The predicted molar refractivity (Wildman–Crippen MR) is 122 cm³/mol. The Morgan fingerprint density at radius 1 is 1.10 bits per heavy atom. The van der Waals surface area contributed by atoms with Crippen LogP contribution >= 0.6 is 27.5 Å². The van der Waals surface area contributed by atoms with E-state index in [2.05, 4.69) is 26.5 Å². The molecule has 0 radical (unpaired) electrons. The Balaban J connectivity index is 1.50. The van der Waals surface area contributed by atoms with Crippen molar-refractivity contribution in [1.29, 1.82) is 0 Å². The summed E-state index contributed by atoms with van der Waals surface area (Å²) in [5, 5.41) is 4.70. The second-order valence-electron chi connectivity index (χ2n) is 6.44. The third-order valence-electron chi connectivity index (χ3n) is 4.06. The summed E-state index contributed by atoms with van der Waals surface area (Å²) in [5.74, 6) is 0.965. The molecular weight excluding hydrogens is 468 g/mol. The first-order chi connectivity index (χ1) is 14.5. The fraction of sp³-hybridized carbons (Fsp3) is 0.130. The summed E-state index contributed by atoms with van der Waals surface area (Å²) < 4.78 is 12.3. The molecule has 30 heavy (non-hydrogen) atoms.